The number of Topliss-reactive ketones (excluding diaryl/α,β-unsaturated/α-hetero) is 1. The van der Waals surface area contributed by atoms with Crippen LogP contribution in [0.3, 0.4) is 0 Å². The van der Waals surface area contributed by atoms with Gasteiger partial charge in [-0.05, 0) is 39.7 Å². The molecule has 0 bridgehead atoms. The molecule has 1 aromatic rings. The molecule has 0 N–H and O–H groups in total. The Morgan fingerprint density at radius 1 is 1.60 bits per heavy atom. The predicted octanol–water partition coefficient (Wildman–Crippen LogP) is 3.76. The fraction of sp³-hybridized carbons (Fsp3) is 0.545. The highest BCUT2D eigenvalue weighted by Crippen LogP contribution is 2.23. The van der Waals surface area contributed by atoms with Gasteiger partial charge in [-0.15, -0.1) is 11.3 Å². The molecule has 0 radical (unpaired) electrons. The Kier molecular flexibility index (Phi) is 5.50. The summed E-state index contributed by atoms with van der Waals surface area (Å²) in [5, 5.41) is 1.89. The highest BCUT2D eigenvalue weighted by molar-refractivity contribution is 9.10. The first-order chi connectivity index (χ1) is 7.11. The summed E-state index contributed by atoms with van der Waals surface area (Å²) >= 11 is 4.78. The van der Waals surface area contributed by atoms with Crippen molar-refractivity contribution in [2.24, 2.45) is 5.92 Å². The van der Waals surface area contributed by atoms with Crippen LogP contribution in [0.15, 0.2) is 15.9 Å². The van der Waals surface area contributed by atoms with E-state index in [2.05, 4.69) is 29.8 Å². The van der Waals surface area contributed by atoms with Crippen LogP contribution in [0.25, 0.3) is 0 Å². The molecule has 0 atom stereocenters. The van der Waals surface area contributed by atoms with Crippen LogP contribution < -0.4 is 0 Å². The molecule has 4 heteroatoms. The molecule has 1 heterocycles. The molecule has 84 valence electrons. The third-order valence-electron chi connectivity index (χ3n) is 1.94. The summed E-state index contributed by atoms with van der Waals surface area (Å²) in [5.74, 6) is 0.675. The Labute approximate surface area is 103 Å². The van der Waals surface area contributed by atoms with Gasteiger partial charge in [0.1, 0.15) is 6.61 Å². The molecule has 0 aliphatic heterocycles. The summed E-state index contributed by atoms with van der Waals surface area (Å²) in [4.78, 5) is 12.4. The zero-order valence-electron chi connectivity index (χ0n) is 8.96. The second kappa shape index (κ2) is 6.40. The van der Waals surface area contributed by atoms with Gasteiger partial charge in [0.2, 0.25) is 0 Å². The standard InChI is InChI=1S/C11H15BrO2S/c1-8(2)3-5-14-7-10(13)11-9(12)4-6-15-11/h4,6,8H,3,5,7H2,1-2H3. The van der Waals surface area contributed by atoms with Crippen molar-refractivity contribution < 1.29 is 9.53 Å². The van der Waals surface area contributed by atoms with E-state index in [9.17, 15) is 4.79 Å². The van der Waals surface area contributed by atoms with E-state index in [1.807, 2.05) is 11.4 Å². The van der Waals surface area contributed by atoms with Gasteiger partial charge in [0.15, 0.2) is 5.78 Å². The number of hydrogen-bond donors (Lipinski definition) is 0. The smallest absolute Gasteiger partial charge is 0.199 e. The van der Waals surface area contributed by atoms with Gasteiger partial charge >= 0.3 is 0 Å². The van der Waals surface area contributed by atoms with Crippen molar-refractivity contribution >= 4 is 33.0 Å². The van der Waals surface area contributed by atoms with Crippen LogP contribution in [-0.4, -0.2) is 19.0 Å². The summed E-state index contributed by atoms with van der Waals surface area (Å²) < 4.78 is 6.19. The molecule has 0 saturated heterocycles. The maximum absolute atomic E-state index is 11.6. The Hall–Kier alpha value is -0.190. The van der Waals surface area contributed by atoms with Gasteiger partial charge in [-0.25, -0.2) is 0 Å². The van der Waals surface area contributed by atoms with Gasteiger partial charge in [-0.2, -0.15) is 0 Å². The van der Waals surface area contributed by atoms with Gasteiger partial charge in [0.25, 0.3) is 0 Å². The fourth-order valence-electron chi connectivity index (χ4n) is 1.04. The summed E-state index contributed by atoms with van der Waals surface area (Å²) in [5.41, 5.74) is 0. The van der Waals surface area contributed by atoms with Crippen molar-refractivity contribution in [3.8, 4) is 0 Å². The van der Waals surface area contributed by atoms with Crippen LogP contribution in [0.1, 0.15) is 29.9 Å². The second-order valence-electron chi connectivity index (χ2n) is 3.76. The Bertz CT molecular complexity index is 320. The van der Waals surface area contributed by atoms with E-state index >= 15 is 0 Å². The van der Waals surface area contributed by atoms with Crippen LogP contribution in [0.4, 0.5) is 0 Å². The lowest BCUT2D eigenvalue weighted by atomic mass is 10.1. The number of carbonyl (C=O) groups excluding carboxylic acids is 1. The first kappa shape index (κ1) is 12.9. The number of halogens is 1. The number of hydrogen-bond acceptors (Lipinski definition) is 3. The SMILES string of the molecule is CC(C)CCOCC(=O)c1sccc1Br. The third-order valence-corrected chi connectivity index (χ3v) is 3.82. The summed E-state index contributed by atoms with van der Waals surface area (Å²) in [6, 6.07) is 1.88. The fourth-order valence-corrected chi connectivity index (χ4v) is 2.56. The van der Waals surface area contributed by atoms with Gasteiger partial charge < -0.3 is 4.74 Å². The largest absolute Gasteiger partial charge is 0.373 e. The van der Waals surface area contributed by atoms with Crippen molar-refractivity contribution in [1.82, 2.24) is 0 Å². The minimum atomic E-state index is 0.0561. The topological polar surface area (TPSA) is 26.3 Å². The molecule has 0 fully saturated rings. The Morgan fingerprint density at radius 3 is 2.87 bits per heavy atom. The van der Waals surface area contributed by atoms with Gasteiger partial charge in [-0.3, -0.25) is 4.79 Å². The van der Waals surface area contributed by atoms with Crippen LogP contribution in [-0.2, 0) is 4.74 Å². The molecule has 0 aromatic carbocycles. The molecule has 0 saturated carbocycles. The van der Waals surface area contributed by atoms with Gasteiger partial charge in [0.05, 0.1) is 4.88 Å². The molecule has 15 heavy (non-hydrogen) atoms. The van der Waals surface area contributed by atoms with Crippen molar-refractivity contribution in [2.45, 2.75) is 20.3 Å². The van der Waals surface area contributed by atoms with Gasteiger partial charge in [0, 0.05) is 11.1 Å². The summed E-state index contributed by atoms with van der Waals surface area (Å²) in [7, 11) is 0. The molecule has 0 aliphatic rings. The molecule has 1 rings (SSSR count). The van der Waals surface area contributed by atoms with Crippen LogP contribution >= 0.6 is 27.3 Å². The number of ether oxygens (including phenoxy) is 1. The maximum Gasteiger partial charge on any atom is 0.199 e. The van der Waals surface area contributed by atoms with Crippen LogP contribution in [0, 0.1) is 5.92 Å². The van der Waals surface area contributed by atoms with E-state index in [0.29, 0.717) is 12.5 Å². The summed E-state index contributed by atoms with van der Waals surface area (Å²) in [6.45, 7) is 5.13. The van der Waals surface area contributed by atoms with Gasteiger partial charge in [-0.1, -0.05) is 13.8 Å². The molecule has 1 aromatic heterocycles. The predicted molar refractivity (Wildman–Crippen MR) is 66.6 cm³/mol. The van der Waals surface area contributed by atoms with Crippen LogP contribution in [0.2, 0.25) is 0 Å². The molecule has 2 nitrogen and oxygen atoms in total. The van der Waals surface area contributed by atoms with Crippen molar-refractivity contribution in [3.05, 3.63) is 20.8 Å². The quantitative estimate of drug-likeness (QED) is 0.589. The first-order valence-electron chi connectivity index (χ1n) is 4.95. The first-order valence-corrected chi connectivity index (χ1v) is 6.62. The molecule has 0 unspecified atom stereocenters. The number of ketones is 1. The minimum Gasteiger partial charge on any atom is -0.373 e. The average molecular weight is 291 g/mol. The average Bonchev–Trinajstić information content (AvgIpc) is 2.58. The second-order valence-corrected chi connectivity index (χ2v) is 5.53. The van der Waals surface area contributed by atoms with E-state index in [1.54, 1.807) is 0 Å². The zero-order valence-corrected chi connectivity index (χ0v) is 11.4. The molecular weight excluding hydrogens is 276 g/mol. The maximum atomic E-state index is 11.6. The normalized spacial score (nSPS) is 10.9. The highest BCUT2D eigenvalue weighted by atomic mass is 79.9. The lowest BCUT2D eigenvalue weighted by Crippen LogP contribution is -2.09. The summed E-state index contributed by atoms with van der Waals surface area (Å²) in [6.07, 6.45) is 0.999. The van der Waals surface area contributed by atoms with Crippen molar-refractivity contribution in [1.29, 1.82) is 0 Å². The Morgan fingerprint density at radius 2 is 2.33 bits per heavy atom. The Balaban J connectivity index is 2.28. The molecule has 0 aliphatic carbocycles. The molecule has 0 spiro atoms. The van der Waals surface area contributed by atoms with Crippen LogP contribution in [0.5, 0.6) is 0 Å². The monoisotopic (exact) mass is 290 g/mol. The number of carbonyl (C=O) groups is 1. The third kappa shape index (κ3) is 4.45. The zero-order chi connectivity index (χ0) is 11.3. The lowest BCUT2D eigenvalue weighted by molar-refractivity contribution is 0.0743. The highest BCUT2D eigenvalue weighted by Gasteiger charge is 2.11. The minimum absolute atomic E-state index is 0.0561. The van der Waals surface area contributed by atoms with E-state index in [1.165, 1.54) is 11.3 Å². The lowest BCUT2D eigenvalue weighted by Gasteiger charge is -2.05. The molecule has 0 amide bonds. The molecular formula is C11H15BrO2S. The van der Waals surface area contributed by atoms with E-state index in [4.69, 9.17) is 4.74 Å². The van der Waals surface area contributed by atoms with E-state index in [-0.39, 0.29) is 12.4 Å². The number of rotatable bonds is 6. The van der Waals surface area contributed by atoms with Crippen molar-refractivity contribution in [2.75, 3.05) is 13.2 Å². The number of thiophene rings is 1. The van der Waals surface area contributed by atoms with E-state index in [0.717, 1.165) is 15.8 Å². The van der Waals surface area contributed by atoms with Crippen molar-refractivity contribution in [3.63, 3.8) is 0 Å². The van der Waals surface area contributed by atoms with E-state index < -0.39 is 0 Å².